The SMILES string of the molecule is Cc1cnc(C(C)Nc2ncc(Br)cn2)o1. The highest BCUT2D eigenvalue weighted by atomic mass is 79.9. The number of aromatic nitrogens is 3. The fourth-order valence-corrected chi connectivity index (χ4v) is 1.42. The molecule has 2 rings (SSSR count). The van der Waals surface area contributed by atoms with Crippen molar-refractivity contribution < 1.29 is 4.42 Å². The molecular formula is C10H11BrN4O. The van der Waals surface area contributed by atoms with Crippen LogP contribution >= 0.6 is 15.9 Å². The van der Waals surface area contributed by atoms with E-state index in [1.54, 1.807) is 18.6 Å². The minimum Gasteiger partial charge on any atom is -0.444 e. The lowest BCUT2D eigenvalue weighted by Gasteiger charge is -2.09. The summed E-state index contributed by atoms with van der Waals surface area (Å²) < 4.78 is 6.25. The number of nitrogens with one attached hydrogen (secondary N) is 1. The Morgan fingerprint density at radius 1 is 1.25 bits per heavy atom. The van der Waals surface area contributed by atoms with Gasteiger partial charge in [0.05, 0.1) is 10.7 Å². The highest BCUT2D eigenvalue weighted by Gasteiger charge is 2.11. The number of halogens is 1. The third kappa shape index (κ3) is 2.57. The van der Waals surface area contributed by atoms with Gasteiger partial charge in [0.25, 0.3) is 0 Å². The van der Waals surface area contributed by atoms with Crippen molar-refractivity contribution in [2.45, 2.75) is 19.9 Å². The standard InChI is InChI=1S/C10H11BrN4O/c1-6-3-12-9(16-6)7(2)15-10-13-4-8(11)5-14-10/h3-5,7H,1-2H3,(H,13,14,15). The molecule has 1 N–H and O–H groups in total. The van der Waals surface area contributed by atoms with Crippen molar-refractivity contribution in [1.82, 2.24) is 15.0 Å². The maximum atomic E-state index is 5.40. The smallest absolute Gasteiger partial charge is 0.223 e. The van der Waals surface area contributed by atoms with Crippen LogP contribution in [0.25, 0.3) is 0 Å². The Morgan fingerprint density at radius 3 is 2.50 bits per heavy atom. The molecule has 0 aliphatic heterocycles. The maximum absolute atomic E-state index is 5.40. The molecule has 0 bridgehead atoms. The largest absolute Gasteiger partial charge is 0.444 e. The van der Waals surface area contributed by atoms with Crippen LogP contribution < -0.4 is 5.32 Å². The number of nitrogens with zero attached hydrogens (tertiary/aromatic N) is 3. The minimum absolute atomic E-state index is 0.0603. The lowest BCUT2D eigenvalue weighted by molar-refractivity contribution is 0.453. The Hall–Kier alpha value is -1.43. The Balaban J connectivity index is 2.07. The van der Waals surface area contributed by atoms with Crippen LogP contribution in [0.5, 0.6) is 0 Å². The van der Waals surface area contributed by atoms with Crippen LogP contribution in [0.3, 0.4) is 0 Å². The molecule has 0 aliphatic rings. The van der Waals surface area contributed by atoms with E-state index < -0.39 is 0 Å². The average molecular weight is 283 g/mol. The molecule has 0 saturated carbocycles. The molecule has 0 saturated heterocycles. The number of hydrogen-bond donors (Lipinski definition) is 1. The number of hydrogen-bond acceptors (Lipinski definition) is 5. The highest BCUT2D eigenvalue weighted by Crippen LogP contribution is 2.16. The van der Waals surface area contributed by atoms with Gasteiger partial charge in [0, 0.05) is 12.4 Å². The molecule has 0 spiro atoms. The number of oxazole rings is 1. The van der Waals surface area contributed by atoms with Gasteiger partial charge in [0.1, 0.15) is 11.8 Å². The molecule has 5 nitrogen and oxygen atoms in total. The van der Waals surface area contributed by atoms with Crippen LogP contribution in [0.1, 0.15) is 24.6 Å². The average Bonchev–Trinajstić information content (AvgIpc) is 2.68. The lowest BCUT2D eigenvalue weighted by Crippen LogP contribution is -2.09. The van der Waals surface area contributed by atoms with Gasteiger partial charge >= 0.3 is 0 Å². The third-order valence-electron chi connectivity index (χ3n) is 1.98. The number of anilines is 1. The van der Waals surface area contributed by atoms with Crippen molar-refractivity contribution in [2.75, 3.05) is 5.32 Å². The van der Waals surface area contributed by atoms with E-state index in [4.69, 9.17) is 4.42 Å². The predicted octanol–water partition coefficient (Wildman–Crippen LogP) is 2.71. The summed E-state index contributed by atoms with van der Waals surface area (Å²) in [5.41, 5.74) is 0. The molecule has 2 heterocycles. The number of aryl methyl sites for hydroxylation is 1. The third-order valence-corrected chi connectivity index (χ3v) is 2.39. The molecule has 84 valence electrons. The first-order valence-electron chi connectivity index (χ1n) is 4.81. The van der Waals surface area contributed by atoms with Gasteiger partial charge in [-0.15, -0.1) is 0 Å². The number of rotatable bonds is 3. The van der Waals surface area contributed by atoms with Crippen molar-refractivity contribution in [3.05, 3.63) is 34.7 Å². The molecule has 0 aromatic carbocycles. The molecule has 2 aromatic rings. The molecule has 0 radical (unpaired) electrons. The van der Waals surface area contributed by atoms with Gasteiger partial charge in [-0.05, 0) is 29.8 Å². The van der Waals surface area contributed by atoms with Gasteiger partial charge in [0.15, 0.2) is 0 Å². The zero-order valence-electron chi connectivity index (χ0n) is 8.94. The van der Waals surface area contributed by atoms with Crippen LogP contribution in [0.4, 0.5) is 5.95 Å². The first-order valence-corrected chi connectivity index (χ1v) is 5.61. The summed E-state index contributed by atoms with van der Waals surface area (Å²) >= 11 is 3.28. The first kappa shape index (κ1) is 11.1. The molecule has 2 aromatic heterocycles. The van der Waals surface area contributed by atoms with E-state index in [9.17, 15) is 0 Å². The van der Waals surface area contributed by atoms with E-state index in [-0.39, 0.29) is 6.04 Å². The summed E-state index contributed by atoms with van der Waals surface area (Å²) in [6, 6.07) is -0.0603. The second-order valence-corrected chi connectivity index (χ2v) is 4.32. The van der Waals surface area contributed by atoms with E-state index >= 15 is 0 Å². The molecule has 6 heteroatoms. The van der Waals surface area contributed by atoms with Crippen molar-refractivity contribution in [3.63, 3.8) is 0 Å². The second kappa shape index (κ2) is 4.61. The fourth-order valence-electron chi connectivity index (χ4n) is 1.21. The van der Waals surface area contributed by atoms with Gasteiger partial charge in [-0.1, -0.05) is 0 Å². The Kier molecular flexibility index (Phi) is 3.19. The fraction of sp³-hybridized carbons (Fsp3) is 0.300. The van der Waals surface area contributed by atoms with Crippen LogP contribution in [-0.4, -0.2) is 15.0 Å². The monoisotopic (exact) mass is 282 g/mol. The summed E-state index contributed by atoms with van der Waals surface area (Å²) in [4.78, 5) is 12.4. The van der Waals surface area contributed by atoms with Crippen LogP contribution in [-0.2, 0) is 0 Å². The van der Waals surface area contributed by atoms with Crippen molar-refractivity contribution >= 4 is 21.9 Å². The van der Waals surface area contributed by atoms with Crippen molar-refractivity contribution in [3.8, 4) is 0 Å². The van der Waals surface area contributed by atoms with Gasteiger partial charge in [0.2, 0.25) is 11.8 Å². The summed E-state index contributed by atoms with van der Waals surface area (Å²) in [5.74, 6) is 1.97. The molecule has 1 unspecified atom stereocenters. The minimum atomic E-state index is -0.0603. The Morgan fingerprint density at radius 2 is 1.94 bits per heavy atom. The van der Waals surface area contributed by atoms with Crippen molar-refractivity contribution in [2.24, 2.45) is 0 Å². The molecule has 0 aliphatic carbocycles. The highest BCUT2D eigenvalue weighted by molar-refractivity contribution is 9.10. The van der Waals surface area contributed by atoms with E-state index in [1.807, 2.05) is 13.8 Å². The van der Waals surface area contributed by atoms with E-state index in [1.165, 1.54) is 0 Å². The first-order chi connectivity index (χ1) is 7.65. The normalized spacial score (nSPS) is 12.4. The maximum Gasteiger partial charge on any atom is 0.223 e. The quantitative estimate of drug-likeness (QED) is 0.938. The van der Waals surface area contributed by atoms with Crippen LogP contribution in [0, 0.1) is 6.92 Å². The summed E-state index contributed by atoms with van der Waals surface area (Å²) in [7, 11) is 0. The van der Waals surface area contributed by atoms with Crippen LogP contribution in [0.15, 0.2) is 27.5 Å². The van der Waals surface area contributed by atoms with E-state index in [0.29, 0.717) is 11.8 Å². The Bertz CT molecular complexity index is 468. The molecule has 0 fully saturated rings. The zero-order chi connectivity index (χ0) is 11.5. The molecular weight excluding hydrogens is 272 g/mol. The summed E-state index contributed by atoms with van der Waals surface area (Å²) in [5, 5.41) is 3.10. The molecule has 1 atom stereocenters. The van der Waals surface area contributed by atoms with Crippen molar-refractivity contribution in [1.29, 1.82) is 0 Å². The van der Waals surface area contributed by atoms with Gasteiger partial charge in [-0.25, -0.2) is 15.0 Å². The van der Waals surface area contributed by atoms with Crippen LogP contribution in [0.2, 0.25) is 0 Å². The lowest BCUT2D eigenvalue weighted by atomic mass is 10.3. The molecule has 16 heavy (non-hydrogen) atoms. The van der Waals surface area contributed by atoms with E-state index in [2.05, 4.69) is 36.2 Å². The topological polar surface area (TPSA) is 63.8 Å². The Labute approximate surface area is 101 Å². The van der Waals surface area contributed by atoms with E-state index in [0.717, 1.165) is 10.2 Å². The summed E-state index contributed by atoms with van der Waals surface area (Å²) in [6.07, 6.45) is 5.06. The predicted molar refractivity (Wildman–Crippen MR) is 63.0 cm³/mol. The zero-order valence-corrected chi connectivity index (χ0v) is 10.5. The summed E-state index contributed by atoms with van der Waals surface area (Å²) in [6.45, 7) is 3.80. The second-order valence-electron chi connectivity index (χ2n) is 3.40. The van der Waals surface area contributed by atoms with Gasteiger partial charge < -0.3 is 9.73 Å². The van der Waals surface area contributed by atoms with Gasteiger partial charge in [-0.2, -0.15) is 0 Å². The van der Waals surface area contributed by atoms with Gasteiger partial charge in [-0.3, -0.25) is 0 Å². The molecule has 0 amide bonds.